The van der Waals surface area contributed by atoms with Crippen LogP contribution in [-0.2, 0) is 10.0 Å². The van der Waals surface area contributed by atoms with E-state index in [-0.39, 0.29) is 10.7 Å². The Morgan fingerprint density at radius 1 is 0.846 bits per heavy atom. The number of para-hydroxylation sites is 1. The van der Waals surface area contributed by atoms with E-state index in [4.69, 9.17) is 0 Å². The predicted octanol–water partition coefficient (Wildman–Crippen LogP) is 4.33. The number of rotatable bonds is 3. The smallest absolute Gasteiger partial charge is 0.261 e. The SMILES string of the molecule is Cc1ccc(S(=O)(=O)Nc2ccccc2C#Cc2ccc(F)cc2)cc1. The molecule has 3 aromatic rings. The summed E-state index contributed by atoms with van der Waals surface area (Å²) in [5.74, 6) is 5.51. The van der Waals surface area contributed by atoms with Gasteiger partial charge in [-0.05, 0) is 55.5 Å². The molecule has 0 heterocycles. The van der Waals surface area contributed by atoms with Crippen LogP contribution in [0.1, 0.15) is 16.7 Å². The molecule has 0 aliphatic rings. The standard InChI is InChI=1S/C21H16FNO2S/c1-16-6-14-20(15-7-16)26(24,25)23-21-5-3-2-4-18(21)11-8-17-9-12-19(22)13-10-17/h2-7,9-10,12-15,23H,1H3. The summed E-state index contributed by atoms with van der Waals surface area (Å²) in [5.41, 5.74) is 2.55. The topological polar surface area (TPSA) is 46.2 Å². The van der Waals surface area contributed by atoms with Crippen molar-refractivity contribution in [2.24, 2.45) is 0 Å². The Labute approximate surface area is 152 Å². The first kappa shape index (κ1) is 17.7. The van der Waals surface area contributed by atoms with Crippen molar-refractivity contribution in [1.29, 1.82) is 0 Å². The van der Waals surface area contributed by atoms with Crippen molar-refractivity contribution in [2.75, 3.05) is 4.72 Å². The van der Waals surface area contributed by atoms with Crippen LogP contribution in [0.25, 0.3) is 0 Å². The molecule has 0 amide bonds. The summed E-state index contributed by atoms with van der Waals surface area (Å²) < 4.78 is 40.7. The zero-order valence-electron chi connectivity index (χ0n) is 14.0. The van der Waals surface area contributed by atoms with Crippen LogP contribution in [-0.4, -0.2) is 8.42 Å². The minimum absolute atomic E-state index is 0.185. The molecule has 3 nitrogen and oxygen atoms in total. The molecular weight excluding hydrogens is 349 g/mol. The molecule has 5 heteroatoms. The van der Waals surface area contributed by atoms with Crippen molar-refractivity contribution in [3.8, 4) is 11.8 Å². The van der Waals surface area contributed by atoms with Gasteiger partial charge in [0.1, 0.15) is 5.82 Å². The number of sulfonamides is 1. The first-order valence-corrected chi connectivity index (χ1v) is 9.38. The maximum atomic E-state index is 13.0. The molecule has 0 aliphatic heterocycles. The molecule has 3 rings (SSSR count). The summed E-state index contributed by atoms with van der Waals surface area (Å²) in [6, 6.07) is 19.3. The summed E-state index contributed by atoms with van der Waals surface area (Å²) in [7, 11) is -3.71. The fourth-order valence-corrected chi connectivity index (χ4v) is 3.35. The summed E-state index contributed by atoms with van der Waals surface area (Å²) in [6.45, 7) is 1.89. The first-order valence-electron chi connectivity index (χ1n) is 7.90. The van der Waals surface area contributed by atoms with Crippen LogP contribution in [0.3, 0.4) is 0 Å². The highest BCUT2D eigenvalue weighted by atomic mass is 32.2. The van der Waals surface area contributed by atoms with Crippen LogP contribution in [0, 0.1) is 24.6 Å². The van der Waals surface area contributed by atoms with Crippen LogP contribution < -0.4 is 4.72 Å². The van der Waals surface area contributed by atoms with E-state index in [0.29, 0.717) is 16.8 Å². The van der Waals surface area contributed by atoms with Gasteiger partial charge in [0.25, 0.3) is 10.0 Å². The van der Waals surface area contributed by atoms with E-state index in [1.807, 2.05) is 6.92 Å². The van der Waals surface area contributed by atoms with E-state index in [2.05, 4.69) is 16.6 Å². The number of nitrogens with one attached hydrogen (secondary N) is 1. The average molecular weight is 365 g/mol. The van der Waals surface area contributed by atoms with Crippen molar-refractivity contribution >= 4 is 15.7 Å². The van der Waals surface area contributed by atoms with E-state index in [9.17, 15) is 12.8 Å². The molecule has 130 valence electrons. The Morgan fingerprint density at radius 2 is 1.50 bits per heavy atom. The Hall–Kier alpha value is -3.10. The molecule has 0 spiro atoms. The molecule has 0 atom stereocenters. The summed E-state index contributed by atoms with van der Waals surface area (Å²) in [5, 5.41) is 0. The van der Waals surface area contributed by atoms with E-state index in [1.165, 1.54) is 12.1 Å². The van der Waals surface area contributed by atoms with Gasteiger partial charge in [-0.25, -0.2) is 12.8 Å². The molecule has 0 bridgehead atoms. The third-order valence-electron chi connectivity index (χ3n) is 3.69. The van der Waals surface area contributed by atoms with Gasteiger partial charge in [0, 0.05) is 11.1 Å². The maximum absolute atomic E-state index is 13.0. The molecule has 0 saturated heterocycles. The van der Waals surface area contributed by atoms with Gasteiger partial charge >= 0.3 is 0 Å². The van der Waals surface area contributed by atoms with Crippen molar-refractivity contribution in [2.45, 2.75) is 11.8 Å². The summed E-state index contributed by atoms with van der Waals surface area (Å²) in [6.07, 6.45) is 0. The van der Waals surface area contributed by atoms with Crippen LogP contribution in [0.5, 0.6) is 0 Å². The van der Waals surface area contributed by atoms with Gasteiger partial charge in [0.05, 0.1) is 10.6 Å². The van der Waals surface area contributed by atoms with Crippen LogP contribution in [0.15, 0.2) is 77.7 Å². The van der Waals surface area contributed by atoms with E-state index >= 15 is 0 Å². The predicted molar refractivity (Wildman–Crippen MR) is 101 cm³/mol. The van der Waals surface area contributed by atoms with Gasteiger partial charge in [-0.15, -0.1) is 0 Å². The Bertz CT molecular complexity index is 1080. The largest absolute Gasteiger partial charge is 0.278 e. The lowest BCUT2D eigenvalue weighted by atomic mass is 10.1. The number of aryl methyl sites for hydroxylation is 1. The molecule has 0 radical (unpaired) electrons. The second-order valence-corrected chi connectivity index (χ2v) is 7.40. The number of hydrogen-bond acceptors (Lipinski definition) is 2. The van der Waals surface area contributed by atoms with Gasteiger partial charge in [0.2, 0.25) is 0 Å². The van der Waals surface area contributed by atoms with Crippen molar-refractivity contribution in [3.05, 3.63) is 95.3 Å². The Morgan fingerprint density at radius 3 is 2.19 bits per heavy atom. The number of benzene rings is 3. The van der Waals surface area contributed by atoms with Gasteiger partial charge in [-0.2, -0.15) is 0 Å². The lowest BCUT2D eigenvalue weighted by Gasteiger charge is -2.10. The van der Waals surface area contributed by atoms with Crippen LogP contribution in [0.4, 0.5) is 10.1 Å². The van der Waals surface area contributed by atoms with Gasteiger partial charge in [-0.3, -0.25) is 4.72 Å². The summed E-state index contributed by atoms with van der Waals surface area (Å²) >= 11 is 0. The lowest BCUT2D eigenvalue weighted by Crippen LogP contribution is -2.13. The van der Waals surface area contributed by atoms with Gasteiger partial charge in [-0.1, -0.05) is 41.7 Å². The second kappa shape index (κ2) is 7.42. The lowest BCUT2D eigenvalue weighted by molar-refractivity contribution is 0.601. The van der Waals surface area contributed by atoms with Crippen molar-refractivity contribution < 1.29 is 12.8 Å². The number of anilines is 1. The Balaban J connectivity index is 1.90. The van der Waals surface area contributed by atoms with Crippen LogP contribution >= 0.6 is 0 Å². The molecule has 26 heavy (non-hydrogen) atoms. The molecule has 0 unspecified atom stereocenters. The first-order chi connectivity index (χ1) is 12.4. The van der Waals surface area contributed by atoms with E-state index in [1.54, 1.807) is 60.7 Å². The monoisotopic (exact) mass is 365 g/mol. The normalized spacial score (nSPS) is 10.7. The van der Waals surface area contributed by atoms with E-state index in [0.717, 1.165) is 5.56 Å². The molecule has 0 fully saturated rings. The molecular formula is C21H16FNO2S. The highest BCUT2D eigenvalue weighted by Gasteiger charge is 2.15. The summed E-state index contributed by atoms with van der Waals surface area (Å²) in [4.78, 5) is 0.185. The third kappa shape index (κ3) is 4.29. The van der Waals surface area contributed by atoms with Gasteiger partial charge in [0.15, 0.2) is 0 Å². The zero-order chi connectivity index (χ0) is 18.6. The molecule has 1 N–H and O–H groups in total. The molecule has 0 saturated carbocycles. The number of halogens is 1. The zero-order valence-corrected chi connectivity index (χ0v) is 14.8. The van der Waals surface area contributed by atoms with Crippen molar-refractivity contribution in [3.63, 3.8) is 0 Å². The average Bonchev–Trinajstić information content (AvgIpc) is 2.62. The van der Waals surface area contributed by atoms with Crippen LogP contribution in [0.2, 0.25) is 0 Å². The second-order valence-electron chi connectivity index (χ2n) is 5.72. The quantitative estimate of drug-likeness (QED) is 0.702. The highest BCUT2D eigenvalue weighted by Crippen LogP contribution is 2.20. The minimum Gasteiger partial charge on any atom is -0.278 e. The molecule has 0 aromatic heterocycles. The van der Waals surface area contributed by atoms with Gasteiger partial charge < -0.3 is 0 Å². The molecule has 0 aliphatic carbocycles. The fraction of sp³-hybridized carbons (Fsp3) is 0.0476. The molecule has 3 aromatic carbocycles. The maximum Gasteiger partial charge on any atom is 0.261 e. The highest BCUT2D eigenvalue weighted by molar-refractivity contribution is 7.92. The fourth-order valence-electron chi connectivity index (χ4n) is 2.27. The van der Waals surface area contributed by atoms with Crippen molar-refractivity contribution in [1.82, 2.24) is 0 Å². The van der Waals surface area contributed by atoms with E-state index < -0.39 is 10.0 Å². The third-order valence-corrected chi connectivity index (χ3v) is 5.07. The number of hydrogen-bond donors (Lipinski definition) is 1. The Kier molecular flexibility index (Phi) is 5.06. The minimum atomic E-state index is -3.71.